The van der Waals surface area contributed by atoms with Gasteiger partial charge in [-0.05, 0) is 6.42 Å². The van der Waals surface area contributed by atoms with Crippen molar-refractivity contribution in [2.75, 3.05) is 6.54 Å². The van der Waals surface area contributed by atoms with Gasteiger partial charge in [0.2, 0.25) is 5.91 Å². The summed E-state index contributed by atoms with van der Waals surface area (Å²) >= 11 is 0. The fourth-order valence-corrected chi connectivity index (χ4v) is 1.09. The second-order valence-corrected chi connectivity index (χ2v) is 2.81. The smallest absolute Gasteiger partial charge is 0.354 e. The van der Waals surface area contributed by atoms with Gasteiger partial charge in [0, 0.05) is 0 Å². The molecule has 3 nitrogen and oxygen atoms in total. The second-order valence-electron chi connectivity index (χ2n) is 2.81. The van der Waals surface area contributed by atoms with E-state index >= 15 is 0 Å². The molecule has 0 saturated carbocycles. The Morgan fingerprint density at radius 1 is 1.62 bits per heavy atom. The van der Waals surface area contributed by atoms with Gasteiger partial charge in [0.05, 0.1) is 6.54 Å². The number of carbonyl (C=O) groups excluding carboxylic acids is 1. The summed E-state index contributed by atoms with van der Waals surface area (Å²) in [6, 6.07) is 0. The van der Waals surface area contributed by atoms with E-state index in [1.54, 1.807) is 6.92 Å². The third-order valence-electron chi connectivity index (χ3n) is 1.82. The number of carbonyl (C=O) groups is 1. The van der Waals surface area contributed by atoms with Gasteiger partial charge in [-0.25, -0.2) is 0 Å². The van der Waals surface area contributed by atoms with Crippen LogP contribution in [0.5, 0.6) is 0 Å². The molecule has 2 atom stereocenters. The predicted molar refractivity (Wildman–Crippen MR) is 38.0 cm³/mol. The van der Waals surface area contributed by atoms with Crippen molar-refractivity contribution >= 4 is 5.91 Å². The van der Waals surface area contributed by atoms with Gasteiger partial charge in [0.1, 0.15) is 6.10 Å². The summed E-state index contributed by atoms with van der Waals surface area (Å²) in [5.74, 6) is -0.469. The van der Waals surface area contributed by atoms with E-state index in [9.17, 15) is 18.0 Å². The Kier molecular flexibility index (Phi) is 2.80. The minimum absolute atomic E-state index is 0.248. The van der Waals surface area contributed by atoms with Gasteiger partial charge in [0.15, 0.2) is 6.10 Å². The predicted octanol–water partition coefficient (Wildman–Crippen LogP) is 0.842. The molecule has 1 saturated heterocycles. The van der Waals surface area contributed by atoms with Crippen LogP contribution in [0.1, 0.15) is 13.3 Å². The van der Waals surface area contributed by atoms with Crippen molar-refractivity contribution in [3.8, 4) is 0 Å². The van der Waals surface area contributed by atoms with E-state index in [2.05, 4.69) is 10.1 Å². The minimum atomic E-state index is -4.40. The molecular weight excluding hydrogens is 187 g/mol. The van der Waals surface area contributed by atoms with Crippen LogP contribution in [-0.4, -0.2) is 30.8 Å². The lowest BCUT2D eigenvalue weighted by atomic mass is 10.2. The molecule has 0 bridgehead atoms. The zero-order valence-corrected chi connectivity index (χ0v) is 7.02. The van der Waals surface area contributed by atoms with Crippen molar-refractivity contribution in [2.24, 2.45) is 0 Å². The summed E-state index contributed by atoms with van der Waals surface area (Å²) in [5, 5.41) is 2.16. The monoisotopic (exact) mass is 197 g/mol. The number of alkyl halides is 3. The van der Waals surface area contributed by atoms with E-state index in [1.807, 2.05) is 0 Å². The second kappa shape index (κ2) is 3.53. The largest absolute Gasteiger partial charge is 0.416 e. The molecule has 1 aliphatic rings. The molecule has 0 radical (unpaired) electrons. The van der Waals surface area contributed by atoms with Crippen molar-refractivity contribution in [3.63, 3.8) is 0 Å². The molecule has 0 aromatic heterocycles. The fourth-order valence-electron chi connectivity index (χ4n) is 1.09. The van der Waals surface area contributed by atoms with Crippen LogP contribution in [0.15, 0.2) is 0 Å². The number of amides is 1. The van der Waals surface area contributed by atoms with Crippen LogP contribution >= 0.6 is 0 Å². The molecular formula is C7H10F3NO2. The standard InChI is InChI=1S/C7H10F3NO2/c1-2-4-6(12)11-3-5(13-4)7(8,9)10/h4-5H,2-3H2,1H3,(H,11,12). The maximum absolute atomic E-state index is 12.1. The van der Waals surface area contributed by atoms with Crippen molar-refractivity contribution in [2.45, 2.75) is 31.7 Å². The van der Waals surface area contributed by atoms with Crippen LogP contribution in [0, 0.1) is 0 Å². The molecule has 1 aliphatic heterocycles. The number of ether oxygens (including phenoxy) is 1. The van der Waals surface area contributed by atoms with E-state index in [-0.39, 0.29) is 6.42 Å². The SMILES string of the molecule is CCC1OC(C(F)(F)F)CNC1=O. The normalized spacial score (nSPS) is 30.0. The van der Waals surface area contributed by atoms with Crippen LogP contribution in [0.3, 0.4) is 0 Å². The Morgan fingerprint density at radius 3 is 2.69 bits per heavy atom. The number of halogens is 3. The lowest BCUT2D eigenvalue weighted by Gasteiger charge is -2.30. The molecule has 0 aromatic rings. The highest BCUT2D eigenvalue weighted by molar-refractivity contribution is 5.81. The Hall–Kier alpha value is -0.780. The zero-order valence-electron chi connectivity index (χ0n) is 7.02. The van der Waals surface area contributed by atoms with Crippen LogP contribution in [0.2, 0.25) is 0 Å². The van der Waals surface area contributed by atoms with Crippen LogP contribution in [-0.2, 0) is 9.53 Å². The molecule has 1 fully saturated rings. The van der Waals surface area contributed by atoms with Gasteiger partial charge >= 0.3 is 6.18 Å². The Labute approximate surface area is 73.2 Å². The summed E-state index contributed by atoms with van der Waals surface area (Å²) in [4.78, 5) is 10.9. The Balaban J connectivity index is 2.60. The van der Waals surface area contributed by atoms with Gasteiger partial charge in [-0.3, -0.25) is 4.79 Å². The molecule has 6 heteroatoms. The van der Waals surface area contributed by atoms with Gasteiger partial charge in [-0.1, -0.05) is 6.92 Å². The first-order valence-corrected chi connectivity index (χ1v) is 3.95. The lowest BCUT2D eigenvalue weighted by molar-refractivity contribution is -0.237. The zero-order chi connectivity index (χ0) is 10.1. The highest BCUT2D eigenvalue weighted by Gasteiger charge is 2.45. The molecule has 1 rings (SSSR count). The third-order valence-corrected chi connectivity index (χ3v) is 1.82. The van der Waals surface area contributed by atoms with Gasteiger partial charge in [0.25, 0.3) is 0 Å². The maximum Gasteiger partial charge on any atom is 0.416 e. The Morgan fingerprint density at radius 2 is 2.23 bits per heavy atom. The van der Waals surface area contributed by atoms with E-state index in [4.69, 9.17) is 0 Å². The first-order chi connectivity index (χ1) is 5.95. The summed E-state index contributed by atoms with van der Waals surface area (Å²) in [6.07, 6.45) is -6.99. The molecule has 0 aliphatic carbocycles. The highest BCUT2D eigenvalue weighted by Crippen LogP contribution is 2.25. The minimum Gasteiger partial charge on any atom is -0.354 e. The van der Waals surface area contributed by atoms with Crippen molar-refractivity contribution in [1.82, 2.24) is 5.32 Å². The number of hydrogen-bond acceptors (Lipinski definition) is 2. The van der Waals surface area contributed by atoms with Gasteiger partial charge in [-0.2, -0.15) is 13.2 Å². The number of hydrogen-bond donors (Lipinski definition) is 1. The molecule has 2 unspecified atom stereocenters. The molecule has 0 aromatic carbocycles. The summed E-state index contributed by atoms with van der Waals surface area (Å²) in [5.41, 5.74) is 0. The van der Waals surface area contributed by atoms with Crippen molar-refractivity contribution in [1.29, 1.82) is 0 Å². The quantitative estimate of drug-likeness (QED) is 0.676. The van der Waals surface area contributed by atoms with Gasteiger partial charge < -0.3 is 10.1 Å². The van der Waals surface area contributed by atoms with Crippen LogP contribution < -0.4 is 5.32 Å². The van der Waals surface area contributed by atoms with Crippen molar-refractivity contribution in [3.05, 3.63) is 0 Å². The van der Waals surface area contributed by atoms with Crippen molar-refractivity contribution < 1.29 is 22.7 Å². The summed E-state index contributed by atoms with van der Waals surface area (Å²) in [7, 11) is 0. The molecule has 1 heterocycles. The maximum atomic E-state index is 12.1. The molecule has 1 amide bonds. The molecule has 1 N–H and O–H groups in total. The lowest BCUT2D eigenvalue weighted by Crippen LogP contribution is -2.54. The van der Waals surface area contributed by atoms with Crippen LogP contribution in [0.25, 0.3) is 0 Å². The summed E-state index contributed by atoms with van der Waals surface area (Å²) < 4.78 is 40.9. The average Bonchev–Trinajstić information content (AvgIpc) is 2.03. The highest BCUT2D eigenvalue weighted by atomic mass is 19.4. The fraction of sp³-hybridized carbons (Fsp3) is 0.857. The van der Waals surface area contributed by atoms with Crippen LogP contribution in [0.4, 0.5) is 13.2 Å². The first kappa shape index (κ1) is 10.3. The molecule has 0 spiro atoms. The number of rotatable bonds is 1. The topological polar surface area (TPSA) is 38.3 Å². The first-order valence-electron chi connectivity index (χ1n) is 3.95. The molecule has 76 valence electrons. The van der Waals surface area contributed by atoms with Gasteiger partial charge in [-0.15, -0.1) is 0 Å². The number of nitrogens with one attached hydrogen (secondary N) is 1. The van der Waals surface area contributed by atoms with E-state index in [0.717, 1.165) is 0 Å². The number of morpholine rings is 1. The van der Waals surface area contributed by atoms with E-state index in [1.165, 1.54) is 0 Å². The Bertz CT molecular complexity index is 204. The van der Waals surface area contributed by atoms with E-state index < -0.39 is 30.8 Å². The summed E-state index contributed by atoms with van der Waals surface area (Å²) in [6.45, 7) is 1.11. The van der Waals surface area contributed by atoms with E-state index in [0.29, 0.717) is 0 Å². The average molecular weight is 197 g/mol. The third kappa shape index (κ3) is 2.33. The molecule has 13 heavy (non-hydrogen) atoms.